The second-order valence-electron chi connectivity index (χ2n) is 5.60. The summed E-state index contributed by atoms with van der Waals surface area (Å²) < 4.78 is 57.1. The SMILES string of the molecule is CS(=O)(=O)N(CCNC(=O)c1cc(F)ccc1F)C1CCOCC1. The summed E-state index contributed by atoms with van der Waals surface area (Å²) in [7, 11) is -3.45. The lowest BCUT2D eigenvalue weighted by atomic mass is 10.1. The van der Waals surface area contributed by atoms with Crippen LogP contribution >= 0.6 is 0 Å². The number of nitrogens with one attached hydrogen (secondary N) is 1. The molecule has 0 aromatic heterocycles. The molecule has 0 aliphatic carbocycles. The summed E-state index contributed by atoms with van der Waals surface area (Å²) >= 11 is 0. The summed E-state index contributed by atoms with van der Waals surface area (Å²) in [5.74, 6) is -2.34. The van der Waals surface area contributed by atoms with E-state index in [2.05, 4.69) is 5.32 Å². The zero-order chi connectivity index (χ0) is 17.7. The van der Waals surface area contributed by atoms with E-state index in [1.165, 1.54) is 4.31 Å². The van der Waals surface area contributed by atoms with Crippen LogP contribution in [-0.4, -0.2) is 57.2 Å². The Morgan fingerprint density at radius 1 is 1.33 bits per heavy atom. The van der Waals surface area contributed by atoms with E-state index < -0.39 is 33.1 Å². The van der Waals surface area contributed by atoms with Crippen molar-refractivity contribution in [2.24, 2.45) is 0 Å². The van der Waals surface area contributed by atoms with Gasteiger partial charge >= 0.3 is 0 Å². The van der Waals surface area contributed by atoms with Gasteiger partial charge < -0.3 is 10.1 Å². The molecule has 0 saturated carbocycles. The Labute approximate surface area is 139 Å². The van der Waals surface area contributed by atoms with Crippen molar-refractivity contribution in [1.29, 1.82) is 0 Å². The smallest absolute Gasteiger partial charge is 0.254 e. The van der Waals surface area contributed by atoms with E-state index in [1.807, 2.05) is 0 Å². The Balaban J connectivity index is 1.97. The van der Waals surface area contributed by atoms with Gasteiger partial charge in [0.05, 0.1) is 11.8 Å². The molecule has 24 heavy (non-hydrogen) atoms. The van der Waals surface area contributed by atoms with Gasteiger partial charge in [-0.3, -0.25) is 4.79 Å². The fourth-order valence-corrected chi connectivity index (χ4v) is 3.81. The van der Waals surface area contributed by atoms with Crippen LogP contribution in [-0.2, 0) is 14.8 Å². The van der Waals surface area contributed by atoms with E-state index in [4.69, 9.17) is 4.74 Å². The lowest BCUT2D eigenvalue weighted by Crippen LogP contribution is -2.46. The van der Waals surface area contributed by atoms with Crippen molar-refractivity contribution in [3.05, 3.63) is 35.4 Å². The van der Waals surface area contributed by atoms with Gasteiger partial charge in [0.15, 0.2) is 0 Å². The van der Waals surface area contributed by atoms with Gasteiger partial charge in [-0.2, -0.15) is 4.31 Å². The molecule has 1 amide bonds. The van der Waals surface area contributed by atoms with E-state index in [0.29, 0.717) is 26.1 Å². The molecule has 0 radical (unpaired) electrons. The standard InChI is InChI=1S/C15H20F2N2O4S/c1-24(21,22)19(12-4-8-23-9-5-12)7-6-18-15(20)13-10-11(16)2-3-14(13)17/h2-3,10,12H,4-9H2,1H3,(H,18,20). The molecule has 1 saturated heterocycles. The van der Waals surface area contributed by atoms with E-state index in [0.717, 1.165) is 24.5 Å². The third-order valence-electron chi connectivity index (χ3n) is 3.81. The molecule has 0 atom stereocenters. The van der Waals surface area contributed by atoms with Crippen molar-refractivity contribution in [3.8, 4) is 0 Å². The molecule has 1 aromatic carbocycles. The molecule has 0 unspecified atom stereocenters. The van der Waals surface area contributed by atoms with Gasteiger partial charge in [-0.05, 0) is 31.0 Å². The van der Waals surface area contributed by atoms with Crippen LogP contribution in [0, 0.1) is 11.6 Å². The van der Waals surface area contributed by atoms with Crippen LogP contribution in [0.2, 0.25) is 0 Å². The molecular formula is C15H20F2N2O4S. The summed E-state index contributed by atoms with van der Waals surface area (Å²) in [5.41, 5.74) is -0.410. The van der Waals surface area contributed by atoms with Crippen LogP contribution in [0.1, 0.15) is 23.2 Å². The zero-order valence-corrected chi connectivity index (χ0v) is 14.1. The fraction of sp³-hybridized carbons (Fsp3) is 0.533. The maximum absolute atomic E-state index is 13.5. The molecule has 1 aliphatic rings. The molecule has 1 heterocycles. The molecule has 0 spiro atoms. The Kier molecular flexibility index (Phi) is 6.25. The average molecular weight is 362 g/mol. The van der Waals surface area contributed by atoms with Gasteiger partial charge in [0, 0.05) is 32.3 Å². The molecular weight excluding hydrogens is 342 g/mol. The third kappa shape index (κ3) is 4.96. The van der Waals surface area contributed by atoms with Crippen molar-refractivity contribution < 1.29 is 26.7 Å². The predicted molar refractivity (Wildman–Crippen MR) is 84.1 cm³/mol. The number of rotatable bonds is 6. The topological polar surface area (TPSA) is 75.7 Å². The second-order valence-corrected chi connectivity index (χ2v) is 7.53. The van der Waals surface area contributed by atoms with Crippen LogP contribution in [0.3, 0.4) is 0 Å². The first kappa shape index (κ1) is 18.8. The Bertz CT molecular complexity index is 691. The van der Waals surface area contributed by atoms with Gasteiger partial charge in [-0.15, -0.1) is 0 Å². The molecule has 2 rings (SSSR count). The lowest BCUT2D eigenvalue weighted by Gasteiger charge is -2.32. The molecule has 0 bridgehead atoms. The Hall–Kier alpha value is -1.58. The summed E-state index contributed by atoms with van der Waals surface area (Å²) in [6.45, 7) is 1.03. The van der Waals surface area contributed by atoms with E-state index in [9.17, 15) is 22.0 Å². The number of carbonyl (C=O) groups is 1. The fourth-order valence-electron chi connectivity index (χ4n) is 2.64. The highest BCUT2D eigenvalue weighted by atomic mass is 32.2. The first-order valence-electron chi connectivity index (χ1n) is 7.57. The number of amides is 1. The molecule has 6 nitrogen and oxygen atoms in total. The summed E-state index contributed by atoms with van der Waals surface area (Å²) in [5, 5.41) is 2.43. The van der Waals surface area contributed by atoms with Crippen molar-refractivity contribution in [1.82, 2.24) is 9.62 Å². The van der Waals surface area contributed by atoms with Crippen LogP contribution < -0.4 is 5.32 Å². The Morgan fingerprint density at radius 3 is 2.62 bits per heavy atom. The minimum absolute atomic E-state index is 0.000780. The average Bonchev–Trinajstić information content (AvgIpc) is 2.53. The monoisotopic (exact) mass is 362 g/mol. The number of halogens is 2. The number of carbonyl (C=O) groups excluding carboxylic acids is 1. The normalized spacial score (nSPS) is 16.3. The maximum atomic E-state index is 13.5. The molecule has 1 aliphatic heterocycles. The first-order chi connectivity index (χ1) is 11.3. The van der Waals surface area contributed by atoms with Crippen molar-refractivity contribution in [2.75, 3.05) is 32.6 Å². The third-order valence-corrected chi connectivity index (χ3v) is 5.15. The van der Waals surface area contributed by atoms with Gasteiger partial charge in [0.2, 0.25) is 10.0 Å². The van der Waals surface area contributed by atoms with E-state index in [1.54, 1.807) is 0 Å². The maximum Gasteiger partial charge on any atom is 0.254 e. The molecule has 134 valence electrons. The summed E-state index contributed by atoms with van der Waals surface area (Å²) in [4.78, 5) is 11.9. The number of sulfonamides is 1. The highest BCUT2D eigenvalue weighted by Crippen LogP contribution is 2.17. The van der Waals surface area contributed by atoms with Crippen LogP contribution in [0.4, 0.5) is 8.78 Å². The first-order valence-corrected chi connectivity index (χ1v) is 9.41. The van der Waals surface area contributed by atoms with Crippen LogP contribution in [0.25, 0.3) is 0 Å². The van der Waals surface area contributed by atoms with Crippen LogP contribution in [0.5, 0.6) is 0 Å². The molecule has 9 heteroatoms. The summed E-state index contributed by atoms with van der Waals surface area (Å²) in [6, 6.07) is 2.41. The minimum atomic E-state index is -3.45. The number of hydrogen-bond acceptors (Lipinski definition) is 4. The number of hydrogen-bond donors (Lipinski definition) is 1. The van der Waals surface area contributed by atoms with Crippen LogP contribution in [0.15, 0.2) is 18.2 Å². The minimum Gasteiger partial charge on any atom is -0.381 e. The van der Waals surface area contributed by atoms with E-state index >= 15 is 0 Å². The Morgan fingerprint density at radius 2 is 2.00 bits per heavy atom. The number of benzene rings is 1. The molecule has 1 fully saturated rings. The van der Waals surface area contributed by atoms with Crippen molar-refractivity contribution in [3.63, 3.8) is 0 Å². The zero-order valence-electron chi connectivity index (χ0n) is 13.3. The highest BCUT2D eigenvalue weighted by Gasteiger charge is 2.28. The molecule has 1 N–H and O–H groups in total. The van der Waals surface area contributed by atoms with Gasteiger partial charge in [0.25, 0.3) is 5.91 Å². The number of ether oxygens (including phenoxy) is 1. The predicted octanol–water partition coefficient (Wildman–Crippen LogP) is 1.14. The molecule has 1 aromatic rings. The van der Waals surface area contributed by atoms with Gasteiger partial charge in [0.1, 0.15) is 11.6 Å². The number of nitrogens with zero attached hydrogens (tertiary/aromatic N) is 1. The highest BCUT2D eigenvalue weighted by molar-refractivity contribution is 7.88. The largest absolute Gasteiger partial charge is 0.381 e. The second kappa shape index (κ2) is 8.00. The quantitative estimate of drug-likeness (QED) is 0.823. The van der Waals surface area contributed by atoms with Gasteiger partial charge in [-0.1, -0.05) is 0 Å². The lowest BCUT2D eigenvalue weighted by molar-refractivity contribution is 0.0585. The van der Waals surface area contributed by atoms with Crippen molar-refractivity contribution in [2.45, 2.75) is 18.9 Å². The summed E-state index contributed by atoms with van der Waals surface area (Å²) in [6.07, 6.45) is 2.27. The van der Waals surface area contributed by atoms with E-state index in [-0.39, 0.29) is 19.1 Å². The van der Waals surface area contributed by atoms with Crippen molar-refractivity contribution >= 4 is 15.9 Å². The van der Waals surface area contributed by atoms with Gasteiger partial charge in [-0.25, -0.2) is 17.2 Å².